The third-order valence-corrected chi connectivity index (χ3v) is 5.61. The van der Waals surface area contributed by atoms with Crippen molar-refractivity contribution in [3.05, 3.63) is 34.2 Å². The molecule has 1 N–H and O–H groups in total. The summed E-state index contributed by atoms with van der Waals surface area (Å²) in [5.41, 5.74) is 2.20. The monoisotopic (exact) mass is 429 g/mol. The fraction of sp³-hybridized carbons (Fsp3) is 0.500. The molecule has 3 rings (SSSR count). The molecule has 1 fully saturated rings. The highest BCUT2D eigenvalue weighted by molar-refractivity contribution is 6.45. The van der Waals surface area contributed by atoms with Gasteiger partial charge in [0.05, 0.1) is 24.3 Å². The number of imide groups is 2. The van der Waals surface area contributed by atoms with Crippen molar-refractivity contribution in [2.75, 3.05) is 19.7 Å². The van der Waals surface area contributed by atoms with Crippen LogP contribution >= 0.6 is 0 Å². The quantitative estimate of drug-likeness (QED) is 0.223. The molecule has 1 saturated heterocycles. The first-order chi connectivity index (χ1) is 14.8. The average Bonchev–Trinajstić information content (AvgIpc) is 3.15. The number of rotatable bonds is 8. The van der Waals surface area contributed by atoms with Crippen LogP contribution in [0, 0.1) is 13.8 Å². The van der Waals surface area contributed by atoms with Crippen LogP contribution < -0.4 is 0 Å². The van der Waals surface area contributed by atoms with E-state index in [4.69, 9.17) is 4.74 Å². The average molecular weight is 429 g/mol. The van der Waals surface area contributed by atoms with Crippen LogP contribution in [-0.2, 0) is 14.3 Å². The summed E-state index contributed by atoms with van der Waals surface area (Å²) in [6, 6.07) is -0.803. The van der Waals surface area contributed by atoms with E-state index < -0.39 is 36.1 Å². The van der Waals surface area contributed by atoms with Gasteiger partial charge in [0.25, 0.3) is 0 Å². The summed E-state index contributed by atoms with van der Waals surface area (Å²) in [5.74, 6) is -3.23. The predicted octanol–water partition coefficient (Wildman–Crippen LogP) is 2.67. The molecule has 1 aliphatic heterocycles. The molecule has 0 spiro atoms. The van der Waals surface area contributed by atoms with Crippen molar-refractivity contribution in [2.45, 2.75) is 52.9 Å². The molecular weight excluding hydrogens is 402 g/mol. The lowest BCUT2D eigenvalue weighted by atomic mass is 9.97. The van der Waals surface area contributed by atoms with Crippen LogP contribution in [0.15, 0.2) is 11.6 Å². The van der Waals surface area contributed by atoms with Gasteiger partial charge in [-0.1, -0.05) is 11.6 Å². The molecule has 0 saturated carbocycles. The Labute approximate surface area is 180 Å². The number of esters is 1. The number of ether oxygens (including phenoxy) is 1. The maximum Gasteiger partial charge on any atom is 0.340 e. The number of nitrogens with zero attached hydrogens (tertiary/aromatic N) is 2. The van der Waals surface area contributed by atoms with Crippen molar-refractivity contribution < 1.29 is 28.7 Å². The molecule has 2 aliphatic rings. The van der Waals surface area contributed by atoms with Crippen molar-refractivity contribution in [3.8, 4) is 0 Å². The number of carbonyl (C=O) groups is 5. The molecule has 166 valence electrons. The van der Waals surface area contributed by atoms with Gasteiger partial charge in [0.15, 0.2) is 5.78 Å². The van der Waals surface area contributed by atoms with Crippen molar-refractivity contribution >= 4 is 29.6 Å². The molecule has 1 aromatic heterocycles. The number of amides is 4. The van der Waals surface area contributed by atoms with Gasteiger partial charge in [0.2, 0.25) is 0 Å². The van der Waals surface area contributed by atoms with Crippen molar-refractivity contribution in [1.29, 1.82) is 0 Å². The van der Waals surface area contributed by atoms with Crippen molar-refractivity contribution in [3.63, 3.8) is 0 Å². The summed E-state index contributed by atoms with van der Waals surface area (Å²) < 4.78 is 5.02. The Morgan fingerprint density at radius 3 is 2.35 bits per heavy atom. The molecule has 9 nitrogen and oxygen atoms in total. The lowest BCUT2D eigenvalue weighted by molar-refractivity contribution is -0.143. The van der Waals surface area contributed by atoms with E-state index in [1.54, 1.807) is 20.8 Å². The number of aromatic nitrogens is 1. The Bertz CT molecular complexity index is 974. The van der Waals surface area contributed by atoms with E-state index in [0.717, 1.165) is 30.6 Å². The second-order valence-electron chi connectivity index (χ2n) is 7.76. The van der Waals surface area contributed by atoms with Gasteiger partial charge in [-0.15, -0.1) is 0 Å². The third kappa shape index (κ3) is 4.45. The van der Waals surface area contributed by atoms with Crippen LogP contribution in [0.5, 0.6) is 0 Å². The number of aromatic amines is 1. The van der Waals surface area contributed by atoms with E-state index in [-0.39, 0.29) is 24.3 Å². The lowest BCUT2D eigenvalue weighted by Crippen LogP contribution is -2.37. The fourth-order valence-electron chi connectivity index (χ4n) is 4.08. The molecule has 9 heteroatoms. The predicted molar refractivity (Wildman–Crippen MR) is 111 cm³/mol. The first kappa shape index (κ1) is 22.5. The molecule has 0 atom stereocenters. The first-order valence-corrected chi connectivity index (χ1v) is 10.5. The van der Waals surface area contributed by atoms with Gasteiger partial charge in [0, 0.05) is 17.9 Å². The Kier molecular flexibility index (Phi) is 6.72. The van der Waals surface area contributed by atoms with Gasteiger partial charge in [-0.3, -0.25) is 19.3 Å². The molecule has 1 aliphatic carbocycles. The topological polar surface area (TPSA) is 117 Å². The number of ketones is 1. The molecule has 1 aromatic rings. The van der Waals surface area contributed by atoms with E-state index in [9.17, 15) is 24.0 Å². The number of hydrogen-bond acceptors (Lipinski definition) is 6. The van der Waals surface area contributed by atoms with Crippen LogP contribution in [0.25, 0.3) is 0 Å². The van der Waals surface area contributed by atoms with E-state index in [1.807, 2.05) is 0 Å². The highest BCUT2D eigenvalue weighted by atomic mass is 16.5. The van der Waals surface area contributed by atoms with E-state index >= 15 is 0 Å². The SMILES string of the molecule is CCOC(=O)c1c(C)[nH]c(C)c1C(=O)CN1C(=O)C(=O)N(CCC2=CCCCC2)C1=O. The summed E-state index contributed by atoms with van der Waals surface area (Å²) in [7, 11) is 0. The largest absolute Gasteiger partial charge is 0.462 e. The smallest absolute Gasteiger partial charge is 0.340 e. The van der Waals surface area contributed by atoms with Crippen LogP contribution in [0.3, 0.4) is 0 Å². The fourth-order valence-corrected chi connectivity index (χ4v) is 4.08. The van der Waals surface area contributed by atoms with Crippen LogP contribution in [-0.4, -0.2) is 64.1 Å². The zero-order chi connectivity index (χ0) is 22.7. The number of H-pyrrole nitrogens is 1. The minimum absolute atomic E-state index is 0.0646. The number of urea groups is 1. The highest BCUT2D eigenvalue weighted by Gasteiger charge is 2.45. The Morgan fingerprint density at radius 1 is 1.03 bits per heavy atom. The lowest BCUT2D eigenvalue weighted by Gasteiger charge is -2.17. The normalized spacial score (nSPS) is 16.7. The highest BCUT2D eigenvalue weighted by Crippen LogP contribution is 2.24. The van der Waals surface area contributed by atoms with E-state index in [2.05, 4.69) is 11.1 Å². The van der Waals surface area contributed by atoms with Gasteiger partial charge in [-0.05, 0) is 52.9 Å². The standard InChI is InChI=1S/C22H27N3O6/c1-4-31-21(29)18-14(3)23-13(2)17(18)16(26)12-25-20(28)19(27)24(22(25)30)11-10-15-8-6-5-7-9-15/h8,23H,4-7,9-12H2,1-3H3. The zero-order valence-electron chi connectivity index (χ0n) is 18.1. The summed E-state index contributed by atoms with van der Waals surface area (Å²) in [6.07, 6.45) is 6.75. The number of nitrogens with one attached hydrogen (secondary N) is 1. The minimum atomic E-state index is -1.03. The van der Waals surface area contributed by atoms with E-state index in [0.29, 0.717) is 22.7 Å². The first-order valence-electron chi connectivity index (χ1n) is 10.5. The van der Waals surface area contributed by atoms with E-state index in [1.165, 1.54) is 5.57 Å². The van der Waals surface area contributed by atoms with Crippen LogP contribution in [0.4, 0.5) is 4.79 Å². The summed E-state index contributed by atoms with van der Waals surface area (Å²) >= 11 is 0. The van der Waals surface area contributed by atoms with Gasteiger partial charge in [-0.25, -0.2) is 14.5 Å². The Balaban J connectivity index is 1.75. The maximum absolute atomic E-state index is 13.0. The Morgan fingerprint density at radius 2 is 1.71 bits per heavy atom. The number of carbonyl (C=O) groups excluding carboxylic acids is 5. The molecule has 0 unspecified atom stereocenters. The van der Waals surface area contributed by atoms with Crippen molar-refractivity contribution in [1.82, 2.24) is 14.8 Å². The molecular formula is C22H27N3O6. The molecule has 2 heterocycles. The molecule has 0 bridgehead atoms. The summed E-state index contributed by atoms with van der Waals surface area (Å²) in [5, 5.41) is 0. The second kappa shape index (κ2) is 9.28. The summed E-state index contributed by atoms with van der Waals surface area (Å²) in [4.78, 5) is 67.2. The number of hydrogen-bond donors (Lipinski definition) is 1. The van der Waals surface area contributed by atoms with Gasteiger partial charge in [0.1, 0.15) is 0 Å². The summed E-state index contributed by atoms with van der Waals surface area (Å²) in [6.45, 7) is 4.53. The molecule has 0 radical (unpaired) electrons. The number of Topliss-reactive ketones (excluding diaryl/α,β-unsaturated/α-hetero) is 1. The number of aryl methyl sites for hydroxylation is 2. The van der Waals surface area contributed by atoms with Crippen molar-refractivity contribution in [2.24, 2.45) is 0 Å². The number of allylic oxidation sites excluding steroid dienone is 1. The molecule has 4 amide bonds. The maximum atomic E-state index is 13.0. The minimum Gasteiger partial charge on any atom is -0.462 e. The van der Waals surface area contributed by atoms with Gasteiger partial charge >= 0.3 is 23.8 Å². The van der Waals surface area contributed by atoms with Crippen LogP contribution in [0.1, 0.15) is 71.1 Å². The molecule has 0 aromatic carbocycles. The third-order valence-electron chi connectivity index (χ3n) is 5.61. The zero-order valence-corrected chi connectivity index (χ0v) is 18.1. The van der Waals surface area contributed by atoms with Crippen LogP contribution in [0.2, 0.25) is 0 Å². The van der Waals surface area contributed by atoms with Gasteiger partial charge in [-0.2, -0.15) is 0 Å². The Hall–Kier alpha value is -3.23. The second-order valence-corrected chi connectivity index (χ2v) is 7.76. The molecule has 31 heavy (non-hydrogen) atoms. The van der Waals surface area contributed by atoms with Gasteiger partial charge < -0.3 is 9.72 Å².